The molecule has 1 aliphatic rings. The molecular weight excluding hydrogens is 375 g/mol. The maximum Gasteiger partial charge on any atom is 0.252 e. The van der Waals surface area contributed by atoms with Crippen molar-refractivity contribution in [3.05, 3.63) is 61.5 Å². The van der Waals surface area contributed by atoms with Crippen LogP contribution < -0.4 is 11.5 Å². The average molecular weight is 393 g/mol. The number of thiophene rings is 1. The third kappa shape index (κ3) is 3.47. The van der Waals surface area contributed by atoms with E-state index in [0.717, 1.165) is 28.0 Å². The maximum atomic E-state index is 11.8. The minimum absolute atomic E-state index is 0.117. The van der Waals surface area contributed by atoms with Gasteiger partial charge in [0.2, 0.25) is 0 Å². The number of hydrogen-bond donors (Lipinski definition) is 2. The summed E-state index contributed by atoms with van der Waals surface area (Å²) in [5.41, 5.74) is 14.8. The van der Waals surface area contributed by atoms with E-state index in [2.05, 4.69) is 13.8 Å². The first-order valence-corrected chi connectivity index (χ1v) is 9.32. The van der Waals surface area contributed by atoms with E-state index >= 15 is 0 Å². The second kappa shape index (κ2) is 6.52. The van der Waals surface area contributed by atoms with Crippen molar-refractivity contribution in [2.24, 2.45) is 5.73 Å². The van der Waals surface area contributed by atoms with Crippen LogP contribution in [0.2, 0.25) is 10.0 Å². The number of hydrogen-bond acceptors (Lipinski definition) is 3. The number of halogens is 2. The molecule has 1 amide bonds. The fourth-order valence-electron chi connectivity index (χ4n) is 3.11. The molecule has 0 fully saturated rings. The molecule has 4 N–H and O–H groups in total. The Labute approximate surface area is 160 Å². The third-order valence-corrected chi connectivity index (χ3v) is 6.38. The quantitative estimate of drug-likeness (QED) is 0.722. The number of carbonyl (C=O) groups is 1. The van der Waals surface area contributed by atoms with Gasteiger partial charge in [-0.3, -0.25) is 4.79 Å². The Kier molecular flexibility index (Phi) is 4.71. The number of anilines is 1. The second-order valence-electron chi connectivity index (χ2n) is 6.74. The van der Waals surface area contributed by atoms with Gasteiger partial charge in [0.25, 0.3) is 5.91 Å². The summed E-state index contributed by atoms with van der Waals surface area (Å²) in [6.45, 7) is 4.29. The topological polar surface area (TPSA) is 69.1 Å². The predicted octanol–water partition coefficient (Wildman–Crippen LogP) is 5.51. The number of nitrogen functional groups attached to an aromatic ring is 1. The number of nitrogens with two attached hydrogens (primary N) is 2. The molecule has 0 radical (unpaired) electrons. The highest BCUT2D eigenvalue weighted by Gasteiger charge is 2.33. The summed E-state index contributed by atoms with van der Waals surface area (Å²) >= 11 is 13.5. The van der Waals surface area contributed by atoms with E-state index in [-0.39, 0.29) is 5.41 Å². The van der Waals surface area contributed by atoms with Crippen molar-refractivity contribution in [3.8, 4) is 0 Å². The van der Waals surface area contributed by atoms with Crippen molar-refractivity contribution in [2.75, 3.05) is 5.73 Å². The largest absolute Gasteiger partial charge is 0.390 e. The van der Waals surface area contributed by atoms with Crippen molar-refractivity contribution in [3.63, 3.8) is 0 Å². The molecule has 0 atom stereocenters. The Morgan fingerprint density at radius 3 is 2.60 bits per heavy atom. The Bertz CT molecular complexity index is 926. The van der Waals surface area contributed by atoms with Gasteiger partial charge in [-0.05, 0) is 35.8 Å². The van der Waals surface area contributed by atoms with Crippen LogP contribution in [0.15, 0.2) is 29.8 Å². The van der Waals surface area contributed by atoms with Crippen molar-refractivity contribution in [1.29, 1.82) is 0 Å². The lowest BCUT2D eigenvalue weighted by Gasteiger charge is -2.29. The van der Waals surface area contributed by atoms with Gasteiger partial charge in [0.15, 0.2) is 0 Å². The highest BCUT2D eigenvalue weighted by molar-refractivity contribution is 7.16. The van der Waals surface area contributed by atoms with Crippen LogP contribution in [0.1, 0.15) is 46.6 Å². The molecule has 0 unspecified atom stereocenters. The molecule has 0 spiro atoms. The van der Waals surface area contributed by atoms with Gasteiger partial charge in [0, 0.05) is 15.9 Å². The van der Waals surface area contributed by atoms with Gasteiger partial charge in [0.1, 0.15) is 0 Å². The van der Waals surface area contributed by atoms with Crippen LogP contribution in [0.3, 0.4) is 0 Å². The van der Waals surface area contributed by atoms with Gasteiger partial charge >= 0.3 is 0 Å². The molecule has 25 heavy (non-hydrogen) atoms. The third-order valence-electron chi connectivity index (χ3n) is 4.24. The molecular formula is C19H18Cl2N2OS. The summed E-state index contributed by atoms with van der Waals surface area (Å²) in [7, 11) is 0. The predicted molar refractivity (Wildman–Crippen MR) is 108 cm³/mol. The zero-order chi connectivity index (χ0) is 18.4. The van der Waals surface area contributed by atoms with Crippen LogP contribution in [-0.4, -0.2) is 5.91 Å². The molecule has 130 valence electrons. The van der Waals surface area contributed by atoms with Gasteiger partial charge in [-0.1, -0.05) is 55.3 Å². The fraction of sp³-hybridized carbons (Fsp3) is 0.211. The number of fused-ring (bicyclic) bond motifs is 1. The Balaban J connectivity index is 2.02. The second-order valence-corrected chi connectivity index (χ2v) is 8.60. The highest BCUT2D eigenvalue weighted by Crippen LogP contribution is 2.46. The van der Waals surface area contributed by atoms with Gasteiger partial charge in [-0.2, -0.15) is 0 Å². The molecule has 0 aliphatic heterocycles. The Morgan fingerprint density at radius 2 is 1.96 bits per heavy atom. The number of allylic oxidation sites excluding steroid dienone is 2. The molecule has 6 heteroatoms. The van der Waals surface area contributed by atoms with Crippen LogP contribution in [-0.2, 0) is 5.41 Å². The van der Waals surface area contributed by atoms with Crippen LogP contribution in [0, 0.1) is 0 Å². The van der Waals surface area contributed by atoms with Crippen molar-refractivity contribution in [1.82, 2.24) is 0 Å². The molecule has 0 saturated carbocycles. The lowest BCUT2D eigenvalue weighted by molar-refractivity contribution is 0.100. The van der Waals surface area contributed by atoms with E-state index in [0.29, 0.717) is 20.6 Å². The summed E-state index contributed by atoms with van der Waals surface area (Å²) < 4.78 is 0. The minimum Gasteiger partial charge on any atom is -0.390 e. The smallest absolute Gasteiger partial charge is 0.252 e. The first-order chi connectivity index (χ1) is 11.7. The maximum absolute atomic E-state index is 11.8. The molecule has 3 nitrogen and oxygen atoms in total. The van der Waals surface area contributed by atoms with Crippen LogP contribution in [0.25, 0.3) is 12.2 Å². The van der Waals surface area contributed by atoms with Crippen LogP contribution >= 0.6 is 34.5 Å². The molecule has 0 saturated heterocycles. The number of amides is 1. The van der Waals surface area contributed by atoms with Crippen molar-refractivity contribution >= 4 is 57.6 Å². The lowest BCUT2D eigenvalue weighted by atomic mass is 9.77. The van der Waals surface area contributed by atoms with Gasteiger partial charge in [0.05, 0.1) is 20.6 Å². The van der Waals surface area contributed by atoms with Crippen molar-refractivity contribution in [2.45, 2.75) is 25.7 Å². The molecule has 0 bridgehead atoms. The minimum atomic E-state index is -0.489. The van der Waals surface area contributed by atoms with Gasteiger partial charge in [-0.15, -0.1) is 11.3 Å². The standard InChI is InChI=1S/C19H18Cl2N2OS/c1-19(2)9-11(4-3-10-5-6-13(20)14(21)8-10)7-12-15(17(22)24)18(23)25-16(12)19/h3-8H,9,23H2,1-2H3,(H2,22,24)/b4-3+. The molecule has 3 rings (SSSR count). The van der Waals surface area contributed by atoms with E-state index in [1.165, 1.54) is 11.3 Å². The highest BCUT2D eigenvalue weighted by atomic mass is 35.5. The van der Waals surface area contributed by atoms with Crippen LogP contribution in [0.4, 0.5) is 5.00 Å². The van der Waals surface area contributed by atoms with Crippen molar-refractivity contribution < 1.29 is 4.79 Å². The molecule has 1 aromatic carbocycles. The van der Waals surface area contributed by atoms with E-state index in [9.17, 15) is 4.79 Å². The summed E-state index contributed by atoms with van der Waals surface area (Å²) in [6.07, 6.45) is 6.86. The van der Waals surface area contributed by atoms with Crippen LogP contribution in [0.5, 0.6) is 0 Å². The first-order valence-electron chi connectivity index (χ1n) is 7.75. The molecule has 1 heterocycles. The average Bonchev–Trinajstić information content (AvgIpc) is 2.85. The van der Waals surface area contributed by atoms with Gasteiger partial charge < -0.3 is 11.5 Å². The number of rotatable bonds is 3. The SMILES string of the molecule is CC1(C)CC(/C=C/c2ccc(Cl)c(Cl)c2)=Cc2c1sc(N)c2C(N)=O. The number of carbonyl (C=O) groups excluding carboxylic acids is 1. The van der Waals surface area contributed by atoms with E-state index in [1.54, 1.807) is 6.07 Å². The number of benzene rings is 1. The number of primary amides is 1. The fourth-order valence-corrected chi connectivity index (χ4v) is 4.57. The first kappa shape index (κ1) is 18.1. The zero-order valence-corrected chi connectivity index (χ0v) is 16.2. The van der Waals surface area contributed by atoms with E-state index in [1.807, 2.05) is 30.4 Å². The van der Waals surface area contributed by atoms with Gasteiger partial charge in [-0.25, -0.2) is 0 Å². The Morgan fingerprint density at radius 1 is 1.24 bits per heavy atom. The summed E-state index contributed by atoms with van der Waals surface area (Å²) in [5, 5.41) is 1.53. The lowest BCUT2D eigenvalue weighted by Crippen LogP contribution is -2.22. The molecule has 2 aromatic rings. The molecule has 1 aromatic heterocycles. The normalized spacial score (nSPS) is 15.9. The Hall–Kier alpha value is -1.75. The summed E-state index contributed by atoms with van der Waals surface area (Å²) in [4.78, 5) is 12.9. The van der Waals surface area contributed by atoms with E-state index in [4.69, 9.17) is 34.7 Å². The molecule has 1 aliphatic carbocycles. The summed E-state index contributed by atoms with van der Waals surface area (Å²) in [5.74, 6) is -0.489. The monoisotopic (exact) mass is 392 g/mol. The summed E-state index contributed by atoms with van der Waals surface area (Å²) in [6, 6.07) is 5.49. The zero-order valence-electron chi connectivity index (χ0n) is 13.9. The van der Waals surface area contributed by atoms with E-state index < -0.39 is 5.91 Å².